The number of hydrogen-bond donors (Lipinski definition) is 1. The van der Waals surface area contributed by atoms with E-state index in [2.05, 4.69) is 44.5 Å². The largest absolute Gasteiger partial charge is 0.370 e. The molecule has 0 amide bonds. The number of hydrogen-bond acceptors (Lipinski definition) is 2. The highest BCUT2D eigenvalue weighted by molar-refractivity contribution is 8.00. The minimum absolute atomic E-state index is 0.0857. The number of nitrogens with two attached hydrogens (primary N) is 1. The van der Waals surface area contributed by atoms with Crippen LogP contribution in [0.2, 0.25) is 0 Å². The molecular weight excluding hydrogens is 206 g/mol. The predicted octanol–water partition coefficient (Wildman–Crippen LogP) is 1.93. The number of rotatable bonds is 0. The average molecular weight is 229 g/mol. The van der Waals surface area contributed by atoms with E-state index in [0.29, 0.717) is 17.3 Å². The molecule has 0 aliphatic carbocycles. The first kappa shape index (κ1) is 12.7. The zero-order valence-electron chi connectivity index (χ0n) is 10.4. The highest BCUT2D eigenvalue weighted by atomic mass is 32.2. The Balaban J connectivity index is 2.74. The first-order valence-corrected chi connectivity index (χ1v) is 6.60. The Morgan fingerprint density at radius 1 is 1.40 bits per heavy atom. The summed E-state index contributed by atoms with van der Waals surface area (Å²) >= 11 is 2.01. The van der Waals surface area contributed by atoms with Gasteiger partial charge in [0.1, 0.15) is 0 Å². The number of guanidine groups is 1. The molecule has 1 heterocycles. The highest BCUT2D eigenvalue weighted by Gasteiger charge is 2.27. The standard InChI is InChI=1S/C11H23N3S/c1-8-9(2)15-7-6-14(8)10(12)13-11(3,4)5/h8-9H,6-7H2,1-5H3,(H2,12,13). The third kappa shape index (κ3) is 3.59. The van der Waals surface area contributed by atoms with E-state index < -0.39 is 0 Å². The molecule has 4 heteroatoms. The molecule has 1 rings (SSSR count). The summed E-state index contributed by atoms with van der Waals surface area (Å²) in [6.45, 7) is 11.7. The smallest absolute Gasteiger partial charge is 0.192 e. The maximum absolute atomic E-state index is 6.05. The van der Waals surface area contributed by atoms with Crippen LogP contribution < -0.4 is 5.73 Å². The lowest BCUT2D eigenvalue weighted by atomic mass is 10.1. The average Bonchev–Trinajstić information content (AvgIpc) is 2.06. The van der Waals surface area contributed by atoms with E-state index in [1.807, 2.05) is 11.8 Å². The molecule has 1 aliphatic rings. The number of thioether (sulfide) groups is 1. The Kier molecular flexibility index (Phi) is 3.93. The Morgan fingerprint density at radius 2 is 2.00 bits per heavy atom. The van der Waals surface area contributed by atoms with Gasteiger partial charge < -0.3 is 10.6 Å². The minimum Gasteiger partial charge on any atom is -0.370 e. The molecule has 0 bridgehead atoms. The first-order chi connectivity index (χ1) is 6.81. The van der Waals surface area contributed by atoms with Crippen LogP contribution in [-0.2, 0) is 0 Å². The summed E-state index contributed by atoms with van der Waals surface area (Å²) in [5.74, 6) is 1.84. The summed E-state index contributed by atoms with van der Waals surface area (Å²) < 4.78 is 0. The van der Waals surface area contributed by atoms with E-state index in [9.17, 15) is 0 Å². The molecule has 0 aromatic carbocycles. The van der Waals surface area contributed by atoms with Gasteiger partial charge in [0.15, 0.2) is 5.96 Å². The molecule has 2 unspecified atom stereocenters. The zero-order chi connectivity index (χ0) is 11.6. The summed E-state index contributed by atoms with van der Waals surface area (Å²) in [5.41, 5.74) is 5.97. The SMILES string of the molecule is CC1SCCN(C(N)=NC(C)(C)C)C1C. The van der Waals surface area contributed by atoms with Crippen LogP contribution in [0.4, 0.5) is 0 Å². The lowest BCUT2D eigenvalue weighted by Crippen LogP contribution is -2.51. The summed E-state index contributed by atoms with van der Waals surface area (Å²) in [7, 11) is 0. The van der Waals surface area contributed by atoms with Gasteiger partial charge >= 0.3 is 0 Å². The van der Waals surface area contributed by atoms with Crippen LogP contribution in [0.15, 0.2) is 4.99 Å². The maximum atomic E-state index is 6.05. The summed E-state index contributed by atoms with van der Waals surface area (Å²) in [4.78, 5) is 6.76. The van der Waals surface area contributed by atoms with Gasteiger partial charge in [-0.1, -0.05) is 6.92 Å². The Morgan fingerprint density at radius 3 is 2.53 bits per heavy atom. The third-order valence-electron chi connectivity index (χ3n) is 2.63. The second-order valence-corrected chi connectivity index (χ2v) is 6.64. The highest BCUT2D eigenvalue weighted by Crippen LogP contribution is 2.24. The molecule has 1 fully saturated rings. The van der Waals surface area contributed by atoms with Crippen LogP contribution in [0.25, 0.3) is 0 Å². The van der Waals surface area contributed by atoms with Crippen molar-refractivity contribution < 1.29 is 0 Å². The van der Waals surface area contributed by atoms with Gasteiger partial charge in [-0.2, -0.15) is 11.8 Å². The Labute approximate surface area is 97.5 Å². The maximum Gasteiger partial charge on any atom is 0.192 e. The zero-order valence-corrected chi connectivity index (χ0v) is 11.3. The van der Waals surface area contributed by atoms with Gasteiger partial charge in [-0.05, 0) is 27.7 Å². The van der Waals surface area contributed by atoms with Gasteiger partial charge in [0.25, 0.3) is 0 Å². The predicted molar refractivity (Wildman–Crippen MR) is 69.5 cm³/mol. The molecule has 0 aromatic heterocycles. The van der Waals surface area contributed by atoms with E-state index in [1.54, 1.807) is 0 Å². The lowest BCUT2D eigenvalue weighted by Gasteiger charge is -2.38. The van der Waals surface area contributed by atoms with Crippen molar-refractivity contribution in [3.8, 4) is 0 Å². The van der Waals surface area contributed by atoms with Crippen LogP contribution in [-0.4, -0.2) is 40.0 Å². The van der Waals surface area contributed by atoms with Crippen molar-refractivity contribution in [1.82, 2.24) is 4.90 Å². The quantitative estimate of drug-likeness (QED) is 0.510. The van der Waals surface area contributed by atoms with E-state index in [-0.39, 0.29) is 5.54 Å². The normalized spacial score (nSPS) is 29.4. The van der Waals surface area contributed by atoms with Crippen LogP contribution >= 0.6 is 11.8 Å². The van der Waals surface area contributed by atoms with Crippen LogP contribution in [0, 0.1) is 0 Å². The fourth-order valence-corrected chi connectivity index (χ4v) is 2.76. The molecule has 0 aromatic rings. The molecule has 15 heavy (non-hydrogen) atoms. The van der Waals surface area contributed by atoms with Gasteiger partial charge in [-0.3, -0.25) is 0 Å². The molecule has 88 valence electrons. The van der Waals surface area contributed by atoms with Gasteiger partial charge in [-0.15, -0.1) is 0 Å². The van der Waals surface area contributed by atoms with E-state index in [1.165, 1.54) is 0 Å². The van der Waals surface area contributed by atoms with E-state index in [4.69, 9.17) is 5.73 Å². The monoisotopic (exact) mass is 229 g/mol. The summed E-state index contributed by atoms with van der Waals surface area (Å²) in [6.07, 6.45) is 0. The van der Waals surface area contributed by atoms with Gasteiger partial charge in [0.2, 0.25) is 0 Å². The third-order valence-corrected chi connectivity index (χ3v) is 3.97. The van der Waals surface area contributed by atoms with Crippen molar-refractivity contribution in [3.63, 3.8) is 0 Å². The van der Waals surface area contributed by atoms with Crippen molar-refractivity contribution in [2.75, 3.05) is 12.3 Å². The summed E-state index contributed by atoms with van der Waals surface area (Å²) in [5, 5.41) is 0.632. The molecule has 0 radical (unpaired) electrons. The number of aliphatic imine (C=N–C) groups is 1. The lowest BCUT2D eigenvalue weighted by molar-refractivity contribution is 0.326. The Hall–Kier alpha value is -0.380. The molecule has 3 nitrogen and oxygen atoms in total. The van der Waals surface area contributed by atoms with Crippen LogP contribution in [0.1, 0.15) is 34.6 Å². The van der Waals surface area contributed by atoms with Gasteiger partial charge in [0, 0.05) is 23.6 Å². The molecule has 0 saturated carbocycles. The molecule has 1 saturated heterocycles. The molecule has 2 atom stereocenters. The fourth-order valence-electron chi connectivity index (χ4n) is 1.66. The molecular formula is C11H23N3S. The van der Waals surface area contributed by atoms with Gasteiger partial charge in [0.05, 0.1) is 5.54 Å². The molecule has 0 spiro atoms. The van der Waals surface area contributed by atoms with Crippen molar-refractivity contribution in [2.45, 2.75) is 51.4 Å². The summed E-state index contributed by atoms with van der Waals surface area (Å²) in [6, 6.07) is 0.481. The number of nitrogens with zero attached hydrogens (tertiary/aromatic N) is 2. The first-order valence-electron chi connectivity index (χ1n) is 5.55. The molecule has 2 N–H and O–H groups in total. The minimum atomic E-state index is -0.0857. The fraction of sp³-hybridized carbons (Fsp3) is 0.909. The van der Waals surface area contributed by atoms with Crippen molar-refractivity contribution >= 4 is 17.7 Å². The van der Waals surface area contributed by atoms with E-state index >= 15 is 0 Å². The van der Waals surface area contributed by atoms with Crippen molar-refractivity contribution in [2.24, 2.45) is 10.7 Å². The van der Waals surface area contributed by atoms with E-state index in [0.717, 1.165) is 12.3 Å². The van der Waals surface area contributed by atoms with Crippen molar-refractivity contribution in [1.29, 1.82) is 0 Å². The second-order valence-electron chi connectivity index (χ2n) is 5.15. The topological polar surface area (TPSA) is 41.6 Å². The van der Waals surface area contributed by atoms with Crippen LogP contribution in [0.3, 0.4) is 0 Å². The Bertz CT molecular complexity index is 245. The van der Waals surface area contributed by atoms with Crippen LogP contribution in [0.5, 0.6) is 0 Å². The van der Waals surface area contributed by atoms with Crippen molar-refractivity contribution in [3.05, 3.63) is 0 Å². The molecule has 1 aliphatic heterocycles. The second kappa shape index (κ2) is 4.64. The van der Waals surface area contributed by atoms with Gasteiger partial charge in [-0.25, -0.2) is 4.99 Å².